The van der Waals surface area contributed by atoms with Crippen molar-refractivity contribution < 1.29 is 13.2 Å². The Kier molecular flexibility index (Phi) is 3.82. The summed E-state index contributed by atoms with van der Waals surface area (Å²) >= 11 is 5.79. The molecule has 7 heteroatoms. The molecule has 1 aromatic rings. The molecule has 0 atom stereocenters. The van der Waals surface area contributed by atoms with Gasteiger partial charge >= 0.3 is 0 Å². The highest BCUT2D eigenvalue weighted by Gasteiger charge is 2.33. The van der Waals surface area contributed by atoms with E-state index in [-0.39, 0.29) is 22.7 Å². The lowest BCUT2D eigenvalue weighted by molar-refractivity contribution is 0.0236. The molecule has 0 aromatic heterocycles. The van der Waals surface area contributed by atoms with Crippen molar-refractivity contribution in [1.29, 1.82) is 0 Å². The molecular weight excluding hydrogens is 276 g/mol. The number of ether oxygens (including phenoxy) is 1. The zero-order valence-corrected chi connectivity index (χ0v) is 11.5. The maximum absolute atomic E-state index is 12.1. The maximum atomic E-state index is 12.1. The minimum Gasteiger partial charge on any atom is -0.398 e. The number of benzene rings is 1. The third-order valence-electron chi connectivity index (χ3n) is 3.02. The highest BCUT2D eigenvalue weighted by molar-refractivity contribution is 7.89. The van der Waals surface area contributed by atoms with Crippen LogP contribution in [0.1, 0.15) is 12.8 Å². The van der Waals surface area contributed by atoms with E-state index in [1.165, 1.54) is 12.1 Å². The van der Waals surface area contributed by atoms with E-state index in [1.807, 2.05) is 0 Å². The van der Waals surface area contributed by atoms with Gasteiger partial charge in [0.05, 0.1) is 11.8 Å². The molecule has 18 heavy (non-hydrogen) atoms. The Morgan fingerprint density at radius 3 is 2.72 bits per heavy atom. The summed E-state index contributed by atoms with van der Waals surface area (Å²) in [4.78, 5) is 0.0240. The van der Waals surface area contributed by atoms with Crippen LogP contribution in [0.5, 0.6) is 0 Å². The van der Waals surface area contributed by atoms with Gasteiger partial charge in [0.2, 0.25) is 10.0 Å². The molecule has 1 aromatic carbocycles. The summed E-state index contributed by atoms with van der Waals surface area (Å²) in [6.45, 7) is 0. The lowest BCUT2D eigenvalue weighted by atomic mass is 9.90. The normalized spacial score (nSPS) is 23.7. The number of hydrogen-bond donors (Lipinski definition) is 2. The Balaban J connectivity index is 2.14. The van der Waals surface area contributed by atoms with Gasteiger partial charge in [-0.15, -0.1) is 0 Å². The summed E-state index contributed by atoms with van der Waals surface area (Å²) in [5.41, 5.74) is 5.85. The molecule has 100 valence electrons. The zero-order valence-electron chi connectivity index (χ0n) is 9.89. The van der Waals surface area contributed by atoms with E-state index in [0.29, 0.717) is 17.9 Å². The van der Waals surface area contributed by atoms with Crippen molar-refractivity contribution in [2.24, 2.45) is 0 Å². The van der Waals surface area contributed by atoms with Gasteiger partial charge in [0.15, 0.2) is 0 Å². The summed E-state index contributed by atoms with van der Waals surface area (Å²) in [6.07, 6.45) is 1.49. The molecule has 0 saturated heterocycles. The molecule has 1 saturated carbocycles. The van der Waals surface area contributed by atoms with E-state index in [9.17, 15) is 8.42 Å². The van der Waals surface area contributed by atoms with E-state index < -0.39 is 10.0 Å². The summed E-state index contributed by atoms with van der Waals surface area (Å²) in [5.74, 6) is 0. The first-order valence-corrected chi connectivity index (χ1v) is 7.38. The van der Waals surface area contributed by atoms with Crippen molar-refractivity contribution in [3.63, 3.8) is 0 Å². The van der Waals surface area contributed by atoms with Gasteiger partial charge in [-0.3, -0.25) is 0 Å². The topological polar surface area (TPSA) is 81.4 Å². The van der Waals surface area contributed by atoms with Crippen molar-refractivity contribution in [2.75, 3.05) is 12.8 Å². The van der Waals surface area contributed by atoms with Gasteiger partial charge in [-0.1, -0.05) is 11.6 Å². The first kappa shape index (κ1) is 13.6. The molecule has 0 amide bonds. The summed E-state index contributed by atoms with van der Waals surface area (Å²) in [7, 11) is -2.00. The van der Waals surface area contributed by atoms with Crippen molar-refractivity contribution in [1.82, 2.24) is 4.72 Å². The molecule has 0 heterocycles. The molecule has 1 aliphatic rings. The number of nitrogens with one attached hydrogen (secondary N) is 1. The number of hydrogen-bond acceptors (Lipinski definition) is 4. The van der Waals surface area contributed by atoms with Crippen LogP contribution in [0.15, 0.2) is 23.1 Å². The van der Waals surface area contributed by atoms with Crippen LogP contribution in [-0.2, 0) is 14.8 Å². The number of methoxy groups -OCH3 is 1. The second-order valence-corrected chi connectivity index (χ2v) is 6.45. The van der Waals surface area contributed by atoms with Gasteiger partial charge in [-0.25, -0.2) is 13.1 Å². The Morgan fingerprint density at radius 2 is 2.11 bits per heavy atom. The van der Waals surface area contributed by atoms with Crippen molar-refractivity contribution >= 4 is 27.3 Å². The third kappa shape index (κ3) is 2.77. The number of sulfonamides is 1. The molecule has 2 rings (SSSR count). The minimum atomic E-state index is -3.62. The fraction of sp³-hybridized carbons (Fsp3) is 0.455. The molecular formula is C11H15ClN2O3S. The molecule has 1 aliphatic carbocycles. The Labute approximate surface area is 111 Å². The van der Waals surface area contributed by atoms with E-state index >= 15 is 0 Å². The predicted molar refractivity (Wildman–Crippen MR) is 70.0 cm³/mol. The first-order chi connectivity index (χ1) is 8.42. The van der Waals surface area contributed by atoms with E-state index in [2.05, 4.69) is 4.72 Å². The fourth-order valence-electron chi connectivity index (χ4n) is 1.88. The molecule has 0 bridgehead atoms. The molecule has 0 spiro atoms. The van der Waals surface area contributed by atoms with Crippen LogP contribution >= 0.6 is 11.6 Å². The average Bonchev–Trinajstić information content (AvgIpc) is 2.26. The molecule has 0 aliphatic heterocycles. The van der Waals surface area contributed by atoms with E-state index in [0.717, 1.165) is 0 Å². The van der Waals surface area contributed by atoms with Gasteiger partial charge in [0.1, 0.15) is 4.90 Å². The highest BCUT2D eigenvalue weighted by Crippen LogP contribution is 2.27. The van der Waals surface area contributed by atoms with Crippen LogP contribution in [0, 0.1) is 0 Å². The van der Waals surface area contributed by atoms with Crippen molar-refractivity contribution in [2.45, 2.75) is 29.9 Å². The van der Waals surface area contributed by atoms with Crippen LogP contribution in [0.2, 0.25) is 5.02 Å². The van der Waals surface area contributed by atoms with Crippen LogP contribution < -0.4 is 10.5 Å². The van der Waals surface area contributed by atoms with Crippen LogP contribution in [-0.4, -0.2) is 27.7 Å². The number of rotatable bonds is 4. The second-order valence-electron chi connectivity index (χ2n) is 4.33. The van der Waals surface area contributed by atoms with Crippen LogP contribution in [0.3, 0.4) is 0 Å². The van der Waals surface area contributed by atoms with E-state index in [1.54, 1.807) is 13.2 Å². The summed E-state index contributed by atoms with van der Waals surface area (Å²) in [5, 5.41) is 0.341. The van der Waals surface area contributed by atoms with Gasteiger partial charge < -0.3 is 10.5 Å². The quantitative estimate of drug-likeness (QED) is 0.821. The Bertz CT molecular complexity index is 541. The standard InChI is InChI=1S/C11H15ClN2O3S/c1-17-9-5-8(6-9)14-18(15,16)11-4-7(12)2-3-10(11)13/h2-4,8-9,14H,5-6,13H2,1H3. The lowest BCUT2D eigenvalue weighted by Gasteiger charge is -2.34. The zero-order chi connectivity index (χ0) is 13.3. The highest BCUT2D eigenvalue weighted by atomic mass is 35.5. The van der Waals surface area contributed by atoms with Gasteiger partial charge in [0.25, 0.3) is 0 Å². The Hall–Kier alpha value is -0.820. The molecule has 1 fully saturated rings. The number of nitrogen functional groups attached to an aromatic ring is 1. The smallest absolute Gasteiger partial charge is 0.242 e. The monoisotopic (exact) mass is 290 g/mol. The maximum Gasteiger partial charge on any atom is 0.242 e. The van der Waals surface area contributed by atoms with Crippen molar-refractivity contribution in [3.8, 4) is 0 Å². The fourth-order valence-corrected chi connectivity index (χ4v) is 3.53. The minimum absolute atomic E-state index is 0.0240. The van der Waals surface area contributed by atoms with Gasteiger partial charge in [-0.05, 0) is 31.0 Å². The summed E-state index contributed by atoms with van der Waals surface area (Å²) < 4.78 is 31.9. The number of anilines is 1. The first-order valence-electron chi connectivity index (χ1n) is 5.52. The third-order valence-corrected chi connectivity index (χ3v) is 4.83. The van der Waals surface area contributed by atoms with Crippen LogP contribution in [0.4, 0.5) is 5.69 Å². The second kappa shape index (κ2) is 5.05. The van der Waals surface area contributed by atoms with Crippen LogP contribution in [0.25, 0.3) is 0 Å². The van der Waals surface area contributed by atoms with E-state index in [4.69, 9.17) is 22.1 Å². The molecule has 3 N–H and O–H groups in total. The Morgan fingerprint density at radius 1 is 1.44 bits per heavy atom. The lowest BCUT2D eigenvalue weighted by Crippen LogP contribution is -2.47. The number of halogens is 1. The molecule has 0 radical (unpaired) electrons. The largest absolute Gasteiger partial charge is 0.398 e. The van der Waals surface area contributed by atoms with Gasteiger partial charge in [-0.2, -0.15) is 0 Å². The predicted octanol–water partition coefficient (Wildman–Crippen LogP) is 1.38. The SMILES string of the molecule is COC1CC(NS(=O)(=O)c2cc(Cl)ccc2N)C1. The molecule has 0 unspecified atom stereocenters. The average molecular weight is 291 g/mol. The molecule has 5 nitrogen and oxygen atoms in total. The van der Waals surface area contributed by atoms with Crippen molar-refractivity contribution in [3.05, 3.63) is 23.2 Å². The van der Waals surface area contributed by atoms with Gasteiger partial charge in [0, 0.05) is 18.2 Å². The summed E-state index contributed by atoms with van der Waals surface area (Å²) in [6, 6.07) is 4.29. The number of nitrogens with two attached hydrogens (primary N) is 1.